The van der Waals surface area contributed by atoms with Gasteiger partial charge in [-0.1, -0.05) is 0 Å². The maximum absolute atomic E-state index is 12.3. The first-order valence-corrected chi connectivity index (χ1v) is 8.45. The fourth-order valence-electron chi connectivity index (χ4n) is 1.98. The van der Waals surface area contributed by atoms with Crippen LogP contribution in [0.25, 0.3) is 0 Å². The zero-order chi connectivity index (χ0) is 22.7. The molecule has 4 atom stereocenters. The minimum Gasteiger partial charge on any atom is -0.480 e. The molecule has 0 heterocycles. The topological polar surface area (TPSA) is 257 Å². The largest absolute Gasteiger partial charge is 0.480 e. The van der Waals surface area contributed by atoms with Gasteiger partial charge in [0.1, 0.15) is 18.1 Å². The lowest BCUT2D eigenvalue weighted by molar-refractivity contribution is -0.143. The molecule has 0 saturated carbocycles. The number of amides is 5. The second-order valence-electron chi connectivity index (χ2n) is 6.18. The van der Waals surface area contributed by atoms with E-state index >= 15 is 0 Å². The first-order chi connectivity index (χ1) is 13.3. The van der Waals surface area contributed by atoms with Gasteiger partial charge in [0.2, 0.25) is 29.5 Å². The molecule has 0 spiro atoms. The SMILES string of the molecule is CC(O)C(N)C(=O)NCC(=O)NC(CCC(N)=O)C(=O)NC(CC(N)=O)C(=O)O. The Bertz CT molecular complexity index is 653. The van der Waals surface area contributed by atoms with E-state index in [0.29, 0.717) is 0 Å². The molecule has 0 radical (unpaired) electrons. The number of carbonyl (C=O) groups excluding carboxylic acids is 5. The highest BCUT2D eigenvalue weighted by Crippen LogP contribution is 2.01. The maximum Gasteiger partial charge on any atom is 0.326 e. The zero-order valence-electron chi connectivity index (χ0n) is 15.7. The second kappa shape index (κ2) is 12.2. The number of aliphatic hydroxyl groups is 1. The van der Waals surface area contributed by atoms with Gasteiger partial charge in [0.15, 0.2) is 0 Å². The molecule has 0 aromatic rings. The number of hydrogen-bond donors (Lipinski definition) is 8. The van der Waals surface area contributed by atoms with E-state index in [1.165, 1.54) is 6.92 Å². The summed E-state index contributed by atoms with van der Waals surface area (Å²) in [6, 6.07) is -4.30. The highest BCUT2D eigenvalue weighted by Gasteiger charge is 2.28. The van der Waals surface area contributed by atoms with Crippen molar-refractivity contribution in [2.75, 3.05) is 6.54 Å². The first-order valence-electron chi connectivity index (χ1n) is 8.45. The van der Waals surface area contributed by atoms with E-state index in [9.17, 15) is 33.9 Å². The van der Waals surface area contributed by atoms with Crippen molar-refractivity contribution in [3.63, 3.8) is 0 Å². The minimum atomic E-state index is -1.64. The molecule has 0 saturated heterocycles. The van der Waals surface area contributed by atoms with E-state index < -0.39 is 72.7 Å². The molecule has 14 heteroatoms. The number of primary amides is 2. The predicted molar refractivity (Wildman–Crippen MR) is 96.4 cm³/mol. The van der Waals surface area contributed by atoms with E-state index in [1.54, 1.807) is 0 Å². The van der Waals surface area contributed by atoms with Crippen LogP contribution >= 0.6 is 0 Å². The lowest BCUT2D eigenvalue weighted by Gasteiger charge is -2.21. The molecular weight excluding hydrogens is 392 g/mol. The third-order valence-electron chi connectivity index (χ3n) is 3.60. The van der Waals surface area contributed by atoms with Crippen LogP contribution in [-0.2, 0) is 28.8 Å². The Hall–Kier alpha value is -3.26. The fraction of sp³-hybridized carbons (Fsp3) is 0.600. The molecule has 29 heavy (non-hydrogen) atoms. The molecule has 0 aliphatic heterocycles. The number of carboxylic acid groups (broad SMARTS) is 1. The summed E-state index contributed by atoms with van der Waals surface area (Å²) >= 11 is 0. The number of hydrogen-bond acceptors (Lipinski definition) is 8. The molecular formula is C15H26N6O8. The maximum atomic E-state index is 12.3. The van der Waals surface area contributed by atoms with Gasteiger partial charge in [-0.05, 0) is 13.3 Å². The molecule has 14 nitrogen and oxygen atoms in total. The Balaban J connectivity index is 5.02. The lowest BCUT2D eigenvalue weighted by Crippen LogP contribution is -2.55. The van der Waals surface area contributed by atoms with Gasteiger partial charge in [-0.3, -0.25) is 24.0 Å². The Morgan fingerprint density at radius 1 is 0.931 bits per heavy atom. The number of nitrogens with one attached hydrogen (secondary N) is 3. The first kappa shape index (κ1) is 25.7. The van der Waals surface area contributed by atoms with E-state index in [2.05, 4.69) is 10.6 Å². The van der Waals surface area contributed by atoms with Crippen LogP contribution in [0, 0.1) is 0 Å². The molecule has 11 N–H and O–H groups in total. The monoisotopic (exact) mass is 418 g/mol. The standard InChI is InChI=1S/C15H26N6O8/c1-6(22)12(18)14(27)19-5-11(25)20-7(2-3-9(16)23)13(26)21-8(15(28)29)4-10(17)24/h6-8,12,22H,2-5,18H2,1H3,(H2,16,23)(H2,17,24)(H,19,27)(H,20,25)(H,21,26)(H,28,29). The lowest BCUT2D eigenvalue weighted by atomic mass is 10.1. The minimum absolute atomic E-state index is 0.267. The molecule has 4 unspecified atom stereocenters. The molecule has 0 aromatic heterocycles. The van der Waals surface area contributed by atoms with Crippen LogP contribution in [0.15, 0.2) is 0 Å². The molecule has 0 aliphatic rings. The van der Waals surface area contributed by atoms with Crippen LogP contribution in [0.5, 0.6) is 0 Å². The van der Waals surface area contributed by atoms with Crippen molar-refractivity contribution in [1.82, 2.24) is 16.0 Å². The molecule has 0 aliphatic carbocycles. The third-order valence-corrected chi connectivity index (χ3v) is 3.60. The van der Waals surface area contributed by atoms with Crippen molar-refractivity contribution >= 4 is 35.5 Å². The fourth-order valence-corrected chi connectivity index (χ4v) is 1.98. The van der Waals surface area contributed by atoms with Gasteiger partial charge in [0, 0.05) is 6.42 Å². The highest BCUT2D eigenvalue weighted by molar-refractivity contribution is 5.94. The van der Waals surface area contributed by atoms with Gasteiger partial charge in [0.05, 0.1) is 19.1 Å². The summed E-state index contributed by atoms with van der Waals surface area (Å²) < 4.78 is 0. The summed E-state index contributed by atoms with van der Waals surface area (Å²) in [5.41, 5.74) is 15.3. The van der Waals surface area contributed by atoms with Crippen LogP contribution in [-0.4, -0.2) is 76.5 Å². The van der Waals surface area contributed by atoms with Crippen molar-refractivity contribution in [3.8, 4) is 0 Å². The molecule has 0 fully saturated rings. The van der Waals surface area contributed by atoms with Crippen LogP contribution in [0.1, 0.15) is 26.2 Å². The Kier molecular flexibility index (Phi) is 10.9. The van der Waals surface area contributed by atoms with Crippen molar-refractivity contribution in [3.05, 3.63) is 0 Å². The summed E-state index contributed by atoms with van der Waals surface area (Å²) in [6.07, 6.45) is -2.43. The van der Waals surface area contributed by atoms with E-state index in [1.807, 2.05) is 5.32 Å². The summed E-state index contributed by atoms with van der Waals surface area (Å²) in [5.74, 6) is -5.97. The number of aliphatic hydroxyl groups excluding tert-OH is 1. The van der Waals surface area contributed by atoms with Crippen LogP contribution < -0.4 is 33.2 Å². The van der Waals surface area contributed by atoms with E-state index in [-0.39, 0.29) is 12.8 Å². The van der Waals surface area contributed by atoms with Crippen molar-refractivity contribution in [1.29, 1.82) is 0 Å². The third kappa shape index (κ3) is 10.6. The Morgan fingerprint density at radius 2 is 1.52 bits per heavy atom. The van der Waals surface area contributed by atoms with Gasteiger partial charge in [-0.2, -0.15) is 0 Å². The summed E-state index contributed by atoms with van der Waals surface area (Å²) in [5, 5.41) is 24.6. The average Bonchev–Trinajstić information content (AvgIpc) is 2.60. The number of carbonyl (C=O) groups is 6. The van der Waals surface area contributed by atoms with E-state index in [0.717, 1.165) is 0 Å². The average molecular weight is 418 g/mol. The van der Waals surface area contributed by atoms with Gasteiger partial charge < -0.3 is 43.4 Å². The smallest absolute Gasteiger partial charge is 0.326 e. The van der Waals surface area contributed by atoms with Gasteiger partial charge >= 0.3 is 5.97 Å². The number of rotatable bonds is 13. The number of nitrogens with two attached hydrogens (primary N) is 3. The Labute approximate surface area is 165 Å². The predicted octanol–water partition coefficient (Wildman–Crippen LogP) is -4.99. The van der Waals surface area contributed by atoms with Gasteiger partial charge in [-0.25, -0.2) is 4.79 Å². The summed E-state index contributed by atoms with van der Waals surface area (Å²) in [6.45, 7) is 0.669. The van der Waals surface area contributed by atoms with E-state index in [4.69, 9.17) is 22.3 Å². The molecule has 0 rings (SSSR count). The second-order valence-corrected chi connectivity index (χ2v) is 6.18. The quantitative estimate of drug-likeness (QED) is 0.142. The number of aliphatic carboxylic acids is 1. The molecule has 164 valence electrons. The zero-order valence-corrected chi connectivity index (χ0v) is 15.7. The van der Waals surface area contributed by atoms with Gasteiger partial charge in [0.25, 0.3) is 0 Å². The molecule has 5 amide bonds. The van der Waals surface area contributed by atoms with Crippen molar-refractivity contribution < 1.29 is 39.0 Å². The van der Waals surface area contributed by atoms with Gasteiger partial charge in [-0.15, -0.1) is 0 Å². The molecule has 0 bridgehead atoms. The number of carboxylic acids is 1. The van der Waals surface area contributed by atoms with Crippen LogP contribution in [0.3, 0.4) is 0 Å². The van der Waals surface area contributed by atoms with Crippen molar-refractivity contribution in [2.45, 2.75) is 50.4 Å². The summed E-state index contributed by atoms with van der Waals surface area (Å²) in [7, 11) is 0. The van der Waals surface area contributed by atoms with Crippen LogP contribution in [0.4, 0.5) is 0 Å². The Morgan fingerprint density at radius 3 is 1.97 bits per heavy atom. The summed E-state index contributed by atoms with van der Waals surface area (Å²) in [4.78, 5) is 68.9. The molecule has 0 aromatic carbocycles. The highest BCUT2D eigenvalue weighted by atomic mass is 16.4. The van der Waals surface area contributed by atoms with Crippen molar-refractivity contribution in [2.24, 2.45) is 17.2 Å². The van der Waals surface area contributed by atoms with Crippen LogP contribution in [0.2, 0.25) is 0 Å². The normalized spacial score (nSPS) is 14.6.